The highest BCUT2D eigenvalue weighted by molar-refractivity contribution is 5.92. The quantitative estimate of drug-likeness (QED) is 0.539. The second-order valence-corrected chi connectivity index (χ2v) is 7.72. The fourth-order valence-electron chi connectivity index (χ4n) is 3.67. The highest BCUT2D eigenvalue weighted by Crippen LogP contribution is 2.35. The lowest BCUT2D eigenvalue weighted by Crippen LogP contribution is -2.23. The van der Waals surface area contributed by atoms with Crippen LogP contribution in [-0.2, 0) is 17.8 Å². The Morgan fingerprint density at radius 1 is 1.32 bits per heavy atom. The summed E-state index contributed by atoms with van der Waals surface area (Å²) in [7, 11) is 1.78. The minimum absolute atomic E-state index is 0.0929. The van der Waals surface area contributed by atoms with Crippen LogP contribution >= 0.6 is 0 Å². The van der Waals surface area contributed by atoms with Crippen LogP contribution in [0.2, 0.25) is 0 Å². The number of rotatable bonds is 7. The Hall–Kier alpha value is -3.54. The number of aromatic nitrogens is 2. The van der Waals surface area contributed by atoms with E-state index >= 15 is 0 Å². The normalized spacial score (nSPS) is 15.0. The fraction of sp³-hybridized carbons (Fsp3) is 0.280. The van der Waals surface area contributed by atoms with Crippen LogP contribution < -0.4 is 9.47 Å². The SMILES string of the molecule is CCOc1cc2c(cc1/C=C/C(=O)N(C)Cc1cnn(-c3ccccc3)c1)OC(C)C2. The Labute approximate surface area is 182 Å². The number of hydrogen-bond donors (Lipinski definition) is 0. The van der Waals surface area contributed by atoms with Crippen molar-refractivity contribution in [2.45, 2.75) is 32.9 Å². The minimum atomic E-state index is -0.0929. The number of hydrogen-bond acceptors (Lipinski definition) is 4. The first-order valence-electron chi connectivity index (χ1n) is 10.5. The zero-order chi connectivity index (χ0) is 21.8. The third kappa shape index (κ3) is 4.79. The first-order chi connectivity index (χ1) is 15.0. The van der Waals surface area contributed by atoms with Crippen molar-refractivity contribution >= 4 is 12.0 Å². The topological polar surface area (TPSA) is 56.6 Å². The van der Waals surface area contributed by atoms with Gasteiger partial charge in [0.2, 0.25) is 5.91 Å². The maximum absolute atomic E-state index is 12.7. The van der Waals surface area contributed by atoms with Gasteiger partial charge in [0, 0.05) is 49.0 Å². The standard InChI is InChI=1S/C25H27N3O3/c1-4-30-23-14-21-12-18(2)31-24(21)13-20(23)10-11-25(29)27(3)16-19-15-26-28(17-19)22-8-6-5-7-9-22/h5-11,13-15,17-18H,4,12,16H2,1-3H3/b11-10+. The number of ether oxygens (including phenoxy) is 2. The van der Waals surface area contributed by atoms with Gasteiger partial charge in [-0.1, -0.05) is 18.2 Å². The van der Waals surface area contributed by atoms with E-state index < -0.39 is 0 Å². The van der Waals surface area contributed by atoms with E-state index in [0.29, 0.717) is 13.2 Å². The number of para-hydroxylation sites is 1. The van der Waals surface area contributed by atoms with Crippen molar-refractivity contribution in [2.75, 3.05) is 13.7 Å². The van der Waals surface area contributed by atoms with E-state index in [0.717, 1.165) is 40.3 Å². The summed E-state index contributed by atoms with van der Waals surface area (Å²) in [5.41, 5.74) is 3.93. The molecule has 1 aliphatic heterocycles. The van der Waals surface area contributed by atoms with Crippen LogP contribution in [0.4, 0.5) is 0 Å². The number of likely N-dealkylation sites (N-methyl/N-ethyl adjacent to an activating group) is 1. The molecule has 1 aromatic heterocycles. The van der Waals surface area contributed by atoms with Gasteiger partial charge in [-0.25, -0.2) is 4.68 Å². The summed E-state index contributed by atoms with van der Waals surface area (Å²) in [6, 6.07) is 13.9. The van der Waals surface area contributed by atoms with Crippen LogP contribution in [-0.4, -0.2) is 40.3 Å². The third-order valence-electron chi connectivity index (χ3n) is 5.19. The van der Waals surface area contributed by atoms with Gasteiger partial charge < -0.3 is 14.4 Å². The lowest BCUT2D eigenvalue weighted by atomic mass is 10.1. The second kappa shape index (κ2) is 9.08. The lowest BCUT2D eigenvalue weighted by molar-refractivity contribution is -0.125. The van der Waals surface area contributed by atoms with Crippen LogP contribution in [0, 0.1) is 0 Å². The van der Waals surface area contributed by atoms with Crippen LogP contribution in [0.25, 0.3) is 11.8 Å². The molecule has 0 radical (unpaired) electrons. The van der Waals surface area contributed by atoms with E-state index in [2.05, 4.69) is 5.10 Å². The van der Waals surface area contributed by atoms with Crippen molar-refractivity contribution in [3.05, 3.63) is 77.6 Å². The molecule has 4 rings (SSSR count). The molecule has 1 unspecified atom stereocenters. The van der Waals surface area contributed by atoms with Crippen molar-refractivity contribution in [1.29, 1.82) is 0 Å². The van der Waals surface area contributed by atoms with Crippen LogP contribution in [0.5, 0.6) is 11.5 Å². The van der Waals surface area contributed by atoms with E-state index in [4.69, 9.17) is 9.47 Å². The van der Waals surface area contributed by atoms with Crippen molar-refractivity contribution in [2.24, 2.45) is 0 Å². The third-order valence-corrected chi connectivity index (χ3v) is 5.19. The molecule has 0 bridgehead atoms. The average molecular weight is 418 g/mol. The summed E-state index contributed by atoms with van der Waals surface area (Å²) in [6.07, 6.45) is 8.13. The molecule has 160 valence electrons. The zero-order valence-electron chi connectivity index (χ0n) is 18.1. The van der Waals surface area contributed by atoms with Gasteiger partial charge >= 0.3 is 0 Å². The molecule has 0 saturated carbocycles. The zero-order valence-corrected chi connectivity index (χ0v) is 18.1. The Bertz CT molecular complexity index is 1090. The van der Waals surface area contributed by atoms with Gasteiger partial charge in [-0.3, -0.25) is 4.79 Å². The molecular formula is C25H27N3O3. The largest absolute Gasteiger partial charge is 0.493 e. The van der Waals surface area contributed by atoms with Crippen molar-refractivity contribution in [3.63, 3.8) is 0 Å². The van der Waals surface area contributed by atoms with Crippen molar-refractivity contribution in [1.82, 2.24) is 14.7 Å². The van der Waals surface area contributed by atoms with E-state index in [1.165, 1.54) is 0 Å². The molecule has 0 N–H and O–H groups in total. The Morgan fingerprint density at radius 3 is 2.90 bits per heavy atom. The van der Waals surface area contributed by atoms with Gasteiger partial charge in [0.25, 0.3) is 0 Å². The Kier molecular flexibility index (Phi) is 6.07. The molecule has 6 heteroatoms. The summed E-state index contributed by atoms with van der Waals surface area (Å²) in [5.74, 6) is 1.55. The molecule has 3 aromatic rings. The monoisotopic (exact) mass is 417 g/mol. The first kappa shape index (κ1) is 20.7. The molecule has 0 aliphatic carbocycles. The number of carbonyl (C=O) groups is 1. The van der Waals surface area contributed by atoms with Gasteiger partial charge in [-0.15, -0.1) is 0 Å². The maximum atomic E-state index is 12.7. The number of fused-ring (bicyclic) bond motifs is 1. The van der Waals surface area contributed by atoms with Gasteiger partial charge in [0.05, 0.1) is 18.5 Å². The van der Waals surface area contributed by atoms with E-state index in [-0.39, 0.29) is 12.0 Å². The van der Waals surface area contributed by atoms with Gasteiger partial charge in [0.15, 0.2) is 0 Å². The van der Waals surface area contributed by atoms with Crippen LogP contribution in [0.1, 0.15) is 30.5 Å². The predicted octanol–water partition coefficient (Wildman–Crippen LogP) is 4.27. The molecule has 1 amide bonds. The number of nitrogens with zero attached hydrogens (tertiary/aromatic N) is 3. The van der Waals surface area contributed by atoms with E-state index in [9.17, 15) is 4.79 Å². The molecular weight excluding hydrogens is 390 g/mol. The second-order valence-electron chi connectivity index (χ2n) is 7.72. The summed E-state index contributed by atoms with van der Waals surface area (Å²) >= 11 is 0. The Morgan fingerprint density at radius 2 is 2.13 bits per heavy atom. The van der Waals surface area contributed by atoms with E-state index in [1.54, 1.807) is 30.3 Å². The smallest absolute Gasteiger partial charge is 0.246 e. The van der Waals surface area contributed by atoms with Gasteiger partial charge in [0.1, 0.15) is 17.6 Å². The van der Waals surface area contributed by atoms with Crippen LogP contribution in [0.3, 0.4) is 0 Å². The lowest BCUT2D eigenvalue weighted by Gasteiger charge is -2.14. The summed E-state index contributed by atoms with van der Waals surface area (Å²) in [6.45, 7) is 5.04. The summed E-state index contributed by atoms with van der Waals surface area (Å²) < 4.78 is 13.5. The maximum Gasteiger partial charge on any atom is 0.246 e. The molecule has 0 fully saturated rings. The molecule has 0 saturated heterocycles. The molecule has 31 heavy (non-hydrogen) atoms. The highest BCUT2D eigenvalue weighted by atomic mass is 16.5. The fourth-order valence-corrected chi connectivity index (χ4v) is 3.67. The predicted molar refractivity (Wildman–Crippen MR) is 120 cm³/mol. The minimum Gasteiger partial charge on any atom is -0.493 e. The van der Waals surface area contributed by atoms with Gasteiger partial charge in [-0.2, -0.15) is 5.10 Å². The molecule has 1 aliphatic rings. The van der Waals surface area contributed by atoms with Gasteiger partial charge in [-0.05, 0) is 44.2 Å². The summed E-state index contributed by atoms with van der Waals surface area (Å²) in [4.78, 5) is 14.4. The number of benzene rings is 2. The molecule has 2 aromatic carbocycles. The Balaban J connectivity index is 1.45. The molecule has 0 spiro atoms. The molecule has 2 heterocycles. The van der Waals surface area contributed by atoms with Crippen molar-refractivity contribution in [3.8, 4) is 17.2 Å². The van der Waals surface area contributed by atoms with Crippen LogP contribution in [0.15, 0.2) is 60.9 Å². The molecule has 6 nitrogen and oxygen atoms in total. The van der Waals surface area contributed by atoms with Crippen molar-refractivity contribution < 1.29 is 14.3 Å². The average Bonchev–Trinajstić information content (AvgIpc) is 3.38. The van der Waals surface area contributed by atoms with E-state index in [1.807, 2.05) is 67.2 Å². The highest BCUT2D eigenvalue weighted by Gasteiger charge is 2.21. The molecule has 1 atom stereocenters. The number of carbonyl (C=O) groups excluding carboxylic acids is 1. The first-order valence-corrected chi connectivity index (χ1v) is 10.5. The summed E-state index contributed by atoms with van der Waals surface area (Å²) in [5, 5.41) is 4.39. The number of amides is 1.